The third-order valence-corrected chi connectivity index (χ3v) is 4.17. The second-order valence-electron chi connectivity index (χ2n) is 5.45. The Hall–Kier alpha value is -2.36. The zero-order valence-corrected chi connectivity index (χ0v) is 12.1. The minimum absolute atomic E-state index is 0.264. The highest BCUT2D eigenvalue weighted by molar-refractivity contribution is 5.86. The van der Waals surface area contributed by atoms with E-state index in [1.807, 2.05) is 0 Å². The lowest BCUT2D eigenvalue weighted by Crippen LogP contribution is -2.24. The van der Waals surface area contributed by atoms with E-state index in [9.17, 15) is 0 Å². The molecular weight excluding hydrogens is 260 g/mol. The molecule has 0 amide bonds. The van der Waals surface area contributed by atoms with Crippen LogP contribution in [0, 0.1) is 0 Å². The fourth-order valence-corrected chi connectivity index (χ4v) is 3.13. The van der Waals surface area contributed by atoms with Crippen LogP contribution in [-0.4, -0.2) is 21.3 Å². The van der Waals surface area contributed by atoms with E-state index < -0.39 is 0 Å². The molecule has 2 aromatic carbocycles. The van der Waals surface area contributed by atoms with Gasteiger partial charge in [-0.2, -0.15) is 10.1 Å². The van der Waals surface area contributed by atoms with Gasteiger partial charge in [-0.25, -0.2) is 4.68 Å². The highest BCUT2D eigenvalue weighted by Gasteiger charge is 2.25. The van der Waals surface area contributed by atoms with E-state index >= 15 is 0 Å². The zero-order valence-electron chi connectivity index (χ0n) is 12.1. The Kier molecular flexibility index (Phi) is 2.88. The van der Waals surface area contributed by atoms with Crippen LogP contribution in [-0.2, 0) is 6.42 Å². The minimum Gasteiger partial charge on any atom is -0.354 e. The molecule has 4 nitrogen and oxygen atoms in total. The SMILES string of the molecule is CCc1nc2n(n1)C(c1cccc3ccccc13)CCN2. The highest BCUT2D eigenvalue weighted by Crippen LogP contribution is 2.32. The molecule has 1 unspecified atom stereocenters. The van der Waals surface area contributed by atoms with Crippen molar-refractivity contribution in [1.82, 2.24) is 14.8 Å². The van der Waals surface area contributed by atoms with Crippen LogP contribution in [0.25, 0.3) is 10.8 Å². The molecular formula is C17H18N4. The van der Waals surface area contributed by atoms with Crippen LogP contribution in [0.15, 0.2) is 42.5 Å². The number of hydrogen-bond acceptors (Lipinski definition) is 3. The Balaban J connectivity index is 1.89. The van der Waals surface area contributed by atoms with Gasteiger partial charge in [0.25, 0.3) is 0 Å². The molecule has 1 aromatic heterocycles. The van der Waals surface area contributed by atoms with Crippen molar-refractivity contribution >= 4 is 16.7 Å². The normalized spacial score (nSPS) is 17.5. The first-order chi connectivity index (χ1) is 10.4. The van der Waals surface area contributed by atoms with Crippen molar-refractivity contribution in [2.75, 3.05) is 11.9 Å². The predicted octanol–water partition coefficient (Wildman–Crippen LogP) is 3.40. The molecule has 0 fully saturated rings. The zero-order chi connectivity index (χ0) is 14.2. The van der Waals surface area contributed by atoms with Crippen molar-refractivity contribution in [1.29, 1.82) is 0 Å². The lowest BCUT2D eigenvalue weighted by molar-refractivity contribution is 0.480. The summed E-state index contributed by atoms with van der Waals surface area (Å²) in [6.45, 7) is 3.03. The summed E-state index contributed by atoms with van der Waals surface area (Å²) in [5, 5.41) is 10.6. The van der Waals surface area contributed by atoms with E-state index in [0.29, 0.717) is 0 Å². The maximum atomic E-state index is 4.68. The average Bonchev–Trinajstić information content (AvgIpc) is 2.97. The first-order valence-electron chi connectivity index (χ1n) is 7.54. The van der Waals surface area contributed by atoms with Crippen LogP contribution in [0.5, 0.6) is 0 Å². The largest absolute Gasteiger partial charge is 0.354 e. The Labute approximate surface area is 123 Å². The van der Waals surface area contributed by atoms with E-state index in [1.54, 1.807) is 0 Å². The summed E-state index contributed by atoms with van der Waals surface area (Å²) in [7, 11) is 0. The first-order valence-corrected chi connectivity index (χ1v) is 7.54. The van der Waals surface area contributed by atoms with Gasteiger partial charge in [-0.3, -0.25) is 0 Å². The Morgan fingerprint density at radius 3 is 2.95 bits per heavy atom. The molecule has 106 valence electrons. The molecule has 0 aliphatic carbocycles. The summed E-state index contributed by atoms with van der Waals surface area (Å²) in [6, 6.07) is 15.3. The number of benzene rings is 2. The molecule has 1 aliphatic rings. The number of aryl methyl sites for hydroxylation is 1. The van der Waals surface area contributed by atoms with Gasteiger partial charge in [-0.15, -0.1) is 0 Å². The topological polar surface area (TPSA) is 42.7 Å². The molecule has 1 aliphatic heterocycles. The van der Waals surface area contributed by atoms with Crippen LogP contribution in [0.2, 0.25) is 0 Å². The molecule has 0 saturated heterocycles. The van der Waals surface area contributed by atoms with Gasteiger partial charge >= 0.3 is 0 Å². The molecule has 1 atom stereocenters. The highest BCUT2D eigenvalue weighted by atomic mass is 15.4. The summed E-state index contributed by atoms with van der Waals surface area (Å²) < 4.78 is 2.06. The maximum absolute atomic E-state index is 4.68. The summed E-state index contributed by atoms with van der Waals surface area (Å²) in [4.78, 5) is 4.57. The molecule has 0 saturated carbocycles. The Morgan fingerprint density at radius 1 is 1.19 bits per heavy atom. The molecule has 4 heteroatoms. The lowest BCUT2D eigenvalue weighted by Gasteiger charge is -2.25. The van der Waals surface area contributed by atoms with Gasteiger partial charge < -0.3 is 5.32 Å². The fraction of sp³-hybridized carbons (Fsp3) is 0.294. The summed E-state index contributed by atoms with van der Waals surface area (Å²) in [6.07, 6.45) is 1.90. The number of fused-ring (bicyclic) bond motifs is 2. The molecule has 2 heterocycles. The fourth-order valence-electron chi connectivity index (χ4n) is 3.13. The van der Waals surface area contributed by atoms with E-state index in [0.717, 1.165) is 31.2 Å². The van der Waals surface area contributed by atoms with Crippen LogP contribution in [0.1, 0.15) is 30.8 Å². The third-order valence-electron chi connectivity index (χ3n) is 4.17. The first kappa shape index (κ1) is 12.4. The molecule has 0 bridgehead atoms. The van der Waals surface area contributed by atoms with E-state index in [2.05, 4.69) is 69.5 Å². The van der Waals surface area contributed by atoms with Crippen LogP contribution < -0.4 is 5.32 Å². The van der Waals surface area contributed by atoms with E-state index in [-0.39, 0.29) is 6.04 Å². The van der Waals surface area contributed by atoms with Crippen molar-refractivity contribution in [3.8, 4) is 0 Å². The Bertz CT molecular complexity index is 785. The van der Waals surface area contributed by atoms with Gasteiger partial charge in [0, 0.05) is 13.0 Å². The van der Waals surface area contributed by atoms with Gasteiger partial charge in [0.1, 0.15) is 0 Å². The lowest BCUT2D eigenvalue weighted by atomic mass is 9.96. The molecule has 0 spiro atoms. The van der Waals surface area contributed by atoms with Crippen LogP contribution in [0.4, 0.5) is 5.95 Å². The number of rotatable bonds is 2. The molecule has 4 rings (SSSR count). The average molecular weight is 278 g/mol. The van der Waals surface area contributed by atoms with Gasteiger partial charge in [-0.1, -0.05) is 49.4 Å². The Morgan fingerprint density at radius 2 is 2.05 bits per heavy atom. The van der Waals surface area contributed by atoms with Crippen molar-refractivity contribution < 1.29 is 0 Å². The van der Waals surface area contributed by atoms with Gasteiger partial charge in [-0.05, 0) is 22.8 Å². The van der Waals surface area contributed by atoms with Crippen LogP contribution in [0.3, 0.4) is 0 Å². The minimum atomic E-state index is 0.264. The number of nitrogens with zero attached hydrogens (tertiary/aromatic N) is 3. The van der Waals surface area contributed by atoms with Crippen molar-refractivity contribution in [3.63, 3.8) is 0 Å². The summed E-state index contributed by atoms with van der Waals surface area (Å²) in [5.74, 6) is 1.81. The van der Waals surface area contributed by atoms with Gasteiger partial charge in [0.05, 0.1) is 6.04 Å². The summed E-state index contributed by atoms with van der Waals surface area (Å²) >= 11 is 0. The van der Waals surface area contributed by atoms with Gasteiger partial charge in [0.15, 0.2) is 5.82 Å². The third kappa shape index (κ3) is 1.98. The summed E-state index contributed by atoms with van der Waals surface area (Å²) in [5.41, 5.74) is 1.34. The second-order valence-corrected chi connectivity index (χ2v) is 5.45. The standard InChI is InChI=1S/C17H18N4/c1-2-16-19-17-18-11-10-15(21(17)20-16)14-9-5-7-12-6-3-4-8-13(12)14/h3-9,15H,2,10-11H2,1H3,(H,18,19,20). The quantitative estimate of drug-likeness (QED) is 0.781. The molecule has 0 radical (unpaired) electrons. The number of anilines is 1. The van der Waals surface area contributed by atoms with Crippen molar-refractivity contribution in [3.05, 3.63) is 53.9 Å². The molecule has 1 N–H and O–H groups in total. The predicted molar refractivity (Wildman–Crippen MR) is 84.6 cm³/mol. The van der Waals surface area contributed by atoms with E-state index in [4.69, 9.17) is 0 Å². The molecule has 3 aromatic rings. The second kappa shape index (κ2) is 4.88. The smallest absolute Gasteiger partial charge is 0.221 e. The van der Waals surface area contributed by atoms with E-state index in [1.165, 1.54) is 16.3 Å². The number of nitrogens with one attached hydrogen (secondary N) is 1. The van der Waals surface area contributed by atoms with Gasteiger partial charge in [0.2, 0.25) is 5.95 Å². The number of hydrogen-bond donors (Lipinski definition) is 1. The molecule has 21 heavy (non-hydrogen) atoms. The van der Waals surface area contributed by atoms with Crippen molar-refractivity contribution in [2.45, 2.75) is 25.8 Å². The monoisotopic (exact) mass is 278 g/mol. The van der Waals surface area contributed by atoms with Crippen LogP contribution >= 0.6 is 0 Å². The number of aromatic nitrogens is 3. The maximum Gasteiger partial charge on any atom is 0.221 e. The van der Waals surface area contributed by atoms with Crippen molar-refractivity contribution in [2.24, 2.45) is 0 Å².